The molecule has 1 atom stereocenters. The van der Waals surface area contributed by atoms with Crippen LogP contribution in [0.4, 0.5) is 17.1 Å². The predicted octanol–water partition coefficient (Wildman–Crippen LogP) is 3.03. The number of primary amides is 1. The molecule has 30 heavy (non-hydrogen) atoms. The summed E-state index contributed by atoms with van der Waals surface area (Å²) in [4.78, 5) is 40.9. The molecule has 2 saturated heterocycles. The average Bonchev–Trinajstić information content (AvgIpc) is 3.38. The molecule has 0 aliphatic carbocycles. The van der Waals surface area contributed by atoms with Crippen LogP contribution in [-0.4, -0.2) is 37.4 Å². The minimum atomic E-state index is -0.554. The van der Waals surface area contributed by atoms with Gasteiger partial charge in [-0.15, -0.1) is 0 Å². The standard InChI is InChI=1S/C22H23ClN4O3/c23-16-4-3-5-17(12-16)27-13-15(11-20(27)28)22(30)25-18-10-14(21(24)29)6-7-19(18)26-8-1-2-9-26/h3-7,10,12,15H,1-2,8-9,11,13H2,(H2,24,29)(H,25,30)/t15-/m0/s1. The second-order valence-corrected chi connectivity index (χ2v) is 8.10. The van der Waals surface area contributed by atoms with Gasteiger partial charge in [-0.1, -0.05) is 17.7 Å². The Balaban J connectivity index is 1.54. The van der Waals surface area contributed by atoms with Gasteiger partial charge in [0.15, 0.2) is 0 Å². The smallest absolute Gasteiger partial charge is 0.248 e. The van der Waals surface area contributed by atoms with Gasteiger partial charge in [-0.25, -0.2) is 0 Å². The first kappa shape index (κ1) is 20.2. The van der Waals surface area contributed by atoms with Crippen LogP contribution in [0.3, 0.4) is 0 Å². The van der Waals surface area contributed by atoms with Crippen molar-refractivity contribution in [1.82, 2.24) is 0 Å². The molecule has 2 aliphatic rings. The fourth-order valence-corrected chi connectivity index (χ4v) is 4.22. The minimum absolute atomic E-state index is 0.118. The minimum Gasteiger partial charge on any atom is -0.370 e. The Labute approximate surface area is 179 Å². The highest BCUT2D eigenvalue weighted by atomic mass is 35.5. The van der Waals surface area contributed by atoms with Gasteiger partial charge in [-0.05, 0) is 49.2 Å². The lowest BCUT2D eigenvalue weighted by atomic mass is 10.1. The highest BCUT2D eigenvalue weighted by Gasteiger charge is 2.35. The number of hydrogen-bond acceptors (Lipinski definition) is 4. The molecule has 0 spiro atoms. The van der Waals surface area contributed by atoms with E-state index in [0.29, 0.717) is 22.0 Å². The van der Waals surface area contributed by atoms with Crippen molar-refractivity contribution in [3.8, 4) is 0 Å². The fourth-order valence-electron chi connectivity index (χ4n) is 4.03. The third-order valence-electron chi connectivity index (χ3n) is 5.60. The van der Waals surface area contributed by atoms with Crippen LogP contribution in [0.1, 0.15) is 29.6 Å². The number of carbonyl (C=O) groups excluding carboxylic acids is 3. The maximum Gasteiger partial charge on any atom is 0.248 e. The van der Waals surface area contributed by atoms with Crippen LogP contribution in [0.5, 0.6) is 0 Å². The predicted molar refractivity (Wildman–Crippen MR) is 117 cm³/mol. The summed E-state index contributed by atoms with van der Waals surface area (Å²) in [6.07, 6.45) is 2.28. The normalized spacial score (nSPS) is 18.7. The summed E-state index contributed by atoms with van der Waals surface area (Å²) >= 11 is 6.04. The molecule has 0 radical (unpaired) electrons. The van der Waals surface area contributed by atoms with Gasteiger partial charge in [0, 0.05) is 42.3 Å². The van der Waals surface area contributed by atoms with Gasteiger partial charge >= 0.3 is 0 Å². The van der Waals surface area contributed by atoms with Crippen molar-refractivity contribution in [1.29, 1.82) is 0 Å². The molecule has 4 rings (SSSR count). The first-order valence-corrected chi connectivity index (χ1v) is 10.4. The Morgan fingerprint density at radius 1 is 1.10 bits per heavy atom. The second-order valence-electron chi connectivity index (χ2n) is 7.66. The van der Waals surface area contributed by atoms with E-state index in [4.69, 9.17) is 17.3 Å². The number of anilines is 3. The van der Waals surface area contributed by atoms with Gasteiger partial charge in [-0.2, -0.15) is 0 Å². The summed E-state index contributed by atoms with van der Waals surface area (Å²) in [6.45, 7) is 2.06. The molecule has 8 heteroatoms. The summed E-state index contributed by atoms with van der Waals surface area (Å²) in [6, 6.07) is 12.1. The van der Waals surface area contributed by atoms with E-state index in [0.717, 1.165) is 31.6 Å². The largest absolute Gasteiger partial charge is 0.370 e. The quantitative estimate of drug-likeness (QED) is 0.768. The third kappa shape index (κ3) is 4.11. The topological polar surface area (TPSA) is 95.7 Å². The fraction of sp³-hybridized carbons (Fsp3) is 0.318. The van der Waals surface area contributed by atoms with Crippen molar-refractivity contribution < 1.29 is 14.4 Å². The summed E-state index contributed by atoms with van der Waals surface area (Å²) < 4.78 is 0. The highest BCUT2D eigenvalue weighted by molar-refractivity contribution is 6.31. The van der Waals surface area contributed by atoms with Crippen molar-refractivity contribution in [3.63, 3.8) is 0 Å². The molecule has 7 nitrogen and oxygen atoms in total. The first-order chi connectivity index (χ1) is 14.4. The van der Waals surface area contributed by atoms with Gasteiger partial charge in [-0.3, -0.25) is 14.4 Å². The van der Waals surface area contributed by atoms with Crippen LogP contribution in [0.25, 0.3) is 0 Å². The average molecular weight is 427 g/mol. The number of nitrogens with zero attached hydrogens (tertiary/aromatic N) is 2. The summed E-state index contributed by atoms with van der Waals surface area (Å²) in [7, 11) is 0. The number of halogens is 1. The molecule has 2 fully saturated rings. The lowest BCUT2D eigenvalue weighted by molar-refractivity contribution is -0.122. The van der Waals surface area contributed by atoms with E-state index in [1.54, 1.807) is 41.3 Å². The van der Waals surface area contributed by atoms with Gasteiger partial charge in [0.05, 0.1) is 17.3 Å². The van der Waals surface area contributed by atoms with Gasteiger partial charge in [0.25, 0.3) is 0 Å². The molecule has 2 heterocycles. The van der Waals surface area contributed by atoms with Gasteiger partial charge < -0.3 is 20.9 Å². The Morgan fingerprint density at radius 3 is 2.57 bits per heavy atom. The first-order valence-electron chi connectivity index (χ1n) is 9.98. The number of carbonyl (C=O) groups is 3. The van der Waals surface area contributed by atoms with Gasteiger partial charge in [0.2, 0.25) is 17.7 Å². The molecule has 2 aliphatic heterocycles. The molecule has 0 unspecified atom stereocenters. The van der Waals surface area contributed by atoms with Crippen molar-refractivity contribution in [2.24, 2.45) is 11.7 Å². The summed E-state index contributed by atoms with van der Waals surface area (Å²) in [5.41, 5.74) is 7.84. The van der Waals surface area contributed by atoms with E-state index in [1.807, 2.05) is 6.07 Å². The lowest BCUT2D eigenvalue weighted by Gasteiger charge is -2.23. The zero-order chi connectivity index (χ0) is 21.3. The molecule has 0 bridgehead atoms. The number of amides is 3. The highest BCUT2D eigenvalue weighted by Crippen LogP contribution is 2.32. The molecule has 2 aromatic rings. The van der Waals surface area contributed by atoms with Crippen molar-refractivity contribution >= 4 is 46.4 Å². The molecule has 3 N–H and O–H groups in total. The SMILES string of the molecule is NC(=O)c1ccc(N2CCCC2)c(NC(=O)[C@H]2CC(=O)N(c3cccc(Cl)c3)C2)c1. The zero-order valence-electron chi connectivity index (χ0n) is 16.4. The number of nitrogens with one attached hydrogen (secondary N) is 1. The monoisotopic (exact) mass is 426 g/mol. The maximum atomic E-state index is 13.0. The number of benzene rings is 2. The van der Waals surface area contributed by atoms with E-state index in [2.05, 4.69) is 10.2 Å². The molecular formula is C22H23ClN4O3. The van der Waals surface area contributed by atoms with E-state index in [-0.39, 0.29) is 24.8 Å². The van der Waals surface area contributed by atoms with E-state index < -0.39 is 11.8 Å². The van der Waals surface area contributed by atoms with Crippen LogP contribution in [0.15, 0.2) is 42.5 Å². The Morgan fingerprint density at radius 2 is 1.87 bits per heavy atom. The van der Waals surface area contributed by atoms with E-state index >= 15 is 0 Å². The number of nitrogens with two attached hydrogens (primary N) is 1. The Kier molecular flexibility index (Phi) is 5.63. The van der Waals surface area contributed by atoms with Crippen LogP contribution in [-0.2, 0) is 9.59 Å². The molecule has 2 aromatic carbocycles. The maximum absolute atomic E-state index is 13.0. The molecule has 0 saturated carbocycles. The summed E-state index contributed by atoms with van der Waals surface area (Å²) in [5, 5.41) is 3.47. The van der Waals surface area contributed by atoms with Crippen LogP contribution in [0, 0.1) is 5.92 Å². The molecule has 156 valence electrons. The Bertz CT molecular complexity index is 1000. The van der Waals surface area contributed by atoms with Crippen molar-refractivity contribution in [2.75, 3.05) is 34.8 Å². The van der Waals surface area contributed by atoms with Crippen LogP contribution < -0.4 is 20.9 Å². The van der Waals surface area contributed by atoms with Crippen molar-refractivity contribution in [2.45, 2.75) is 19.3 Å². The van der Waals surface area contributed by atoms with E-state index in [1.165, 1.54) is 0 Å². The molecular weight excluding hydrogens is 404 g/mol. The van der Waals surface area contributed by atoms with Crippen molar-refractivity contribution in [3.05, 3.63) is 53.1 Å². The number of hydrogen-bond donors (Lipinski definition) is 2. The molecule has 0 aromatic heterocycles. The van der Waals surface area contributed by atoms with Crippen LogP contribution in [0.2, 0.25) is 5.02 Å². The van der Waals surface area contributed by atoms with Gasteiger partial charge in [0.1, 0.15) is 0 Å². The van der Waals surface area contributed by atoms with Crippen LogP contribution >= 0.6 is 11.6 Å². The summed E-state index contributed by atoms with van der Waals surface area (Å²) in [5.74, 6) is -1.43. The lowest BCUT2D eigenvalue weighted by Crippen LogP contribution is -2.29. The second kappa shape index (κ2) is 8.36. The Hall–Kier alpha value is -3.06. The third-order valence-corrected chi connectivity index (χ3v) is 5.84. The number of rotatable bonds is 5. The molecule has 3 amide bonds. The van der Waals surface area contributed by atoms with E-state index in [9.17, 15) is 14.4 Å². The zero-order valence-corrected chi connectivity index (χ0v) is 17.2.